The van der Waals surface area contributed by atoms with Crippen LogP contribution in [-0.2, 0) is 9.53 Å². The summed E-state index contributed by atoms with van der Waals surface area (Å²) >= 11 is 3.17. The van der Waals surface area contributed by atoms with Gasteiger partial charge in [-0.3, -0.25) is 4.79 Å². The minimum absolute atomic E-state index is 0.0723. The number of alkyl halides is 1. The molecule has 0 spiro atoms. The van der Waals surface area contributed by atoms with E-state index in [1.807, 2.05) is 6.92 Å². The Morgan fingerprint density at radius 1 is 1.55 bits per heavy atom. The standard InChI is InChI=1S/C8H13BrO2/c1-5(7-3-4-7)8(10)11-6(2)9/h5-7H,3-4H2,1-2H3. The van der Waals surface area contributed by atoms with E-state index in [4.69, 9.17) is 4.74 Å². The Morgan fingerprint density at radius 3 is 2.45 bits per heavy atom. The number of carbonyl (C=O) groups is 1. The molecular weight excluding hydrogens is 208 g/mol. The highest BCUT2D eigenvalue weighted by Gasteiger charge is 2.33. The molecule has 0 amide bonds. The van der Waals surface area contributed by atoms with Crippen molar-refractivity contribution in [3.63, 3.8) is 0 Å². The molecular formula is C8H13BrO2. The molecule has 1 fully saturated rings. The van der Waals surface area contributed by atoms with E-state index in [1.165, 1.54) is 12.8 Å². The molecule has 0 aromatic carbocycles. The molecule has 64 valence electrons. The van der Waals surface area contributed by atoms with Crippen molar-refractivity contribution in [2.45, 2.75) is 31.7 Å². The lowest BCUT2D eigenvalue weighted by molar-refractivity contribution is -0.149. The van der Waals surface area contributed by atoms with Crippen molar-refractivity contribution < 1.29 is 9.53 Å². The molecule has 0 N–H and O–H groups in total. The highest BCUT2D eigenvalue weighted by atomic mass is 79.9. The SMILES string of the molecule is CC(Br)OC(=O)C(C)C1CC1. The van der Waals surface area contributed by atoms with Gasteiger partial charge in [0.25, 0.3) is 0 Å². The predicted octanol–water partition coefficient (Wildman–Crippen LogP) is 2.32. The fraction of sp³-hybridized carbons (Fsp3) is 0.875. The molecule has 0 radical (unpaired) electrons. The zero-order valence-electron chi connectivity index (χ0n) is 6.84. The lowest BCUT2D eigenvalue weighted by atomic mass is 10.1. The first-order valence-corrected chi connectivity index (χ1v) is 4.87. The maximum Gasteiger partial charge on any atom is 0.310 e. The molecule has 0 bridgehead atoms. The minimum atomic E-state index is -0.156. The first-order chi connectivity index (χ1) is 5.11. The van der Waals surface area contributed by atoms with Crippen LogP contribution in [0.1, 0.15) is 26.7 Å². The van der Waals surface area contributed by atoms with E-state index >= 15 is 0 Å². The average Bonchev–Trinajstić information content (AvgIpc) is 2.65. The first kappa shape index (κ1) is 9.04. The number of hydrogen-bond donors (Lipinski definition) is 0. The average molecular weight is 221 g/mol. The van der Waals surface area contributed by atoms with Gasteiger partial charge in [0.15, 0.2) is 5.01 Å². The number of hydrogen-bond acceptors (Lipinski definition) is 2. The second-order valence-electron chi connectivity index (χ2n) is 3.11. The van der Waals surface area contributed by atoms with Crippen molar-refractivity contribution in [1.82, 2.24) is 0 Å². The van der Waals surface area contributed by atoms with Crippen LogP contribution in [0.15, 0.2) is 0 Å². The Hall–Kier alpha value is -0.0500. The largest absolute Gasteiger partial charge is 0.451 e. The minimum Gasteiger partial charge on any atom is -0.451 e. The molecule has 11 heavy (non-hydrogen) atoms. The molecule has 1 aliphatic carbocycles. The summed E-state index contributed by atoms with van der Waals surface area (Å²) in [6, 6.07) is 0. The second-order valence-corrected chi connectivity index (χ2v) is 4.40. The van der Waals surface area contributed by atoms with Crippen molar-refractivity contribution in [1.29, 1.82) is 0 Å². The smallest absolute Gasteiger partial charge is 0.310 e. The molecule has 3 heteroatoms. The molecule has 2 nitrogen and oxygen atoms in total. The van der Waals surface area contributed by atoms with Gasteiger partial charge in [0.2, 0.25) is 0 Å². The van der Waals surface area contributed by atoms with Crippen LogP contribution in [0.3, 0.4) is 0 Å². The highest BCUT2D eigenvalue weighted by Crippen LogP contribution is 2.37. The Kier molecular flexibility index (Phi) is 2.93. The third-order valence-corrected chi connectivity index (χ3v) is 2.17. The van der Waals surface area contributed by atoms with Gasteiger partial charge in [-0.25, -0.2) is 0 Å². The van der Waals surface area contributed by atoms with Crippen LogP contribution >= 0.6 is 15.9 Å². The fourth-order valence-electron chi connectivity index (χ4n) is 1.06. The summed E-state index contributed by atoms with van der Waals surface area (Å²) in [5, 5.41) is -0.156. The van der Waals surface area contributed by atoms with Gasteiger partial charge in [-0.1, -0.05) is 6.92 Å². The normalized spacial score (nSPS) is 22.5. The van der Waals surface area contributed by atoms with Gasteiger partial charge < -0.3 is 4.74 Å². The summed E-state index contributed by atoms with van der Waals surface area (Å²) in [6.45, 7) is 3.74. The van der Waals surface area contributed by atoms with Crippen LogP contribution in [0, 0.1) is 11.8 Å². The fourth-order valence-corrected chi connectivity index (χ4v) is 1.24. The van der Waals surface area contributed by atoms with Gasteiger partial charge in [0.1, 0.15) is 0 Å². The monoisotopic (exact) mass is 220 g/mol. The lowest BCUT2D eigenvalue weighted by Crippen LogP contribution is -2.18. The molecule has 0 aliphatic heterocycles. The van der Waals surface area contributed by atoms with Crippen LogP contribution in [0.2, 0.25) is 0 Å². The molecule has 1 saturated carbocycles. The van der Waals surface area contributed by atoms with E-state index < -0.39 is 0 Å². The van der Waals surface area contributed by atoms with E-state index in [9.17, 15) is 4.79 Å². The molecule has 0 aromatic rings. The quantitative estimate of drug-likeness (QED) is 0.540. The van der Waals surface area contributed by atoms with Crippen molar-refractivity contribution >= 4 is 21.9 Å². The van der Waals surface area contributed by atoms with Gasteiger partial charge in [-0.05, 0) is 41.6 Å². The van der Waals surface area contributed by atoms with Crippen LogP contribution < -0.4 is 0 Å². The summed E-state index contributed by atoms with van der Waals surface area (Å²) in [5.41, 5.74) is 0. The van der Waals surface area contributed by atoms with Crippen molar-refractivity contribution in [3.05, 3.63) is 0 Å². The molecule has 1 aliphatic rings. The van der Waals surface area contributed by atoms with Gasteiger partial charge in [-0.2, -0.15) is 0 Å². The van der Waals surface area contributed by atoms with Crippen LogP contribution in [-0.4, -0.2) is 11.0 Å². The molecule has 0 saturated heterocycles. The Morgan fingerprint density at radius 2 is 2.09 bits per heavy atom. The molecule has 0 heterocycles. The predicted molar refractivity (Wildman–Crippen MR) is 46.4 cm³/mol. The number of carbonyl (C=O) groups excluding carboxylic acids is 1. The zero-order chi connectivity index (χ0) is 8.43. The summed E-state index contributed by atoms with van der Waals surface area (Å²) in [4.78, 5) is 11.2. The van der Waals surface area contributed by atoms with Crippen molar-refractivity contribution in [2.24, 2.45) is 11.8 Å². The maximum atomic E-state index is 11.2. The van der Waals surface area contributed by atoms with E-state index in [-0.39, 0.29) is 16.9 Å². The third kappa shape index (κ3) is 2.81. The number of rotatable bonds is 3. The summed E-state index contributed by atoms with van der Waals surface area (Å²) in [5.74, 6) is 0.612. The summed E-state index contributed by atoms with van der Waals surface area (Å²) in [7, 11) is 0. The van der Waals surface area contributed by atoms with Crippen LogP contribution in [0.5, 0.6) is 0 Å². The Labute approximate surface area is 75.4 Å². The highest BCUT2D eigenvalue weighted by molar-refractivity contribution is 9.09. The molecule has 1 rings (SSSR count). The Bertz CT molecular complexity index is 152. The topological polar surface area (TPSA) is 26.3 Å². The molecule has 2 atom stereocenters. The van der Waals surface area contributed by atoms with Crippen LogP contribution in [0.25, 0.3) is 0 Å². The van der Waals surface area contributed by atoms with E-state index in [0.717, 1.165) is 0 Å². The summed E-state index contributed by atoms with van der Waals surface area (Å²) in [6.07, 6.45) is 2.37. The zero-order valence-corrected chi connectivity index (χ0v) is 8.43. The Balaban J connectivity index is 2.27. The van der Waals surface area contributed by atoms with E-state index in [0.29, 0.717) is 5.92 Å². The maximum absolute atomic E-state index is 11.2. The van der Waals surface area contributed by atoms with Crippen molar-refractivity contribution in [2.75, 3.05) is 0 Å². The van der Waals surface area contributed by atoms with E-state index in [1.54, 1.807) is 6.92 Å². The van der Waals surface area contributed by atoms with Gasteiger partial charge >= 0.3 is 5.97 Å². The number of esters is 1. The molecule has 2 unspecified atom stereocenters. The second kappa shape index (κ2) is 3.57. The van der Waals surface area contributed by atoms with Crippen LogP contribution in [0.4, 0.5) is 0 Å². The van der Waals surface area contributed by atoms with Gasteiger partial charge in [-0.15, -0.1) is 0 Å². The van der Waals surface area contributed by atoms with Gasteiger partial charge in [0, 0.05) is 0 Å². The number of ether oxygens (including phenoxy) is 1. The summed E-state index contributed by atoms with van der Waals surface area (Å²) < 4.78 is 4.99. The lowest BCUT2D eigenvalue weighted by Gasteiger charge is -2.11. The van der Waals surface area contributed by atoms with Crippen molar-refractivity contribution in [3.8, 4) is 0 Å². The van der Waals surface area contributed by atoms with Gasteiger partial charge in [0.05, 0.1) is 5.92 Å². The first-order valence-electron chi connectivity index (χ1n) is 3.96. The van der Waals surface area contributed by atoms with E-state index in [2.05, 4.69) is 15.9 Å². The number of halogens is 1. The third-order valence-electron chi connectivity index (χ3n) is 1.98. The molecule has 0 aromatic heterocycles.